The van der Waals surface area contributed by atoms with Gasteiger partial charge in [-0.3, -0.25) is 4.79 Å². The summed E-state index contributed by atoms with van der Waals surface area (Å²) in [5, 5.41) is 0. The van der Waals surface area contributed by atoms with E-state index in [1.807, 2.05) is 0 Å². The Morgan fingerprint density at radius 2 is 1.79 bits per heavy atom. The van der Waals surface area contributed by atoms with Crippen molar-refractivity contribution in [2.24, 2.45) is 4.99 Å². The summed E-state index contributed by atoms with van der Waals surface area (Å²) in [7, 11) is -3.29. The highest BCUT2D eigenvalue weighted by Gasteiger charge is 2.14. The maximum absolute atomic E-state index is 12.8. The van der Waals surface area contributed by atoms with Crippen molar-refractivity contribution in [3.05, 3.63) is 57.9 Å². The minimum atomic E-state index is -3.29. The maximum atomic E-state index is 12.8. The number of rotatable bonds is 6. The fraction of sp³-hybridized carbons (Fsp3) is 0.333. The molecule has 5 nitrogen and oxygen atoms in total. The van der Waals surface area contributed by atoms with Crippen molar-refractivity contribution in [2.75, 3.05) is 17.8 Å². The molecule has 0 aliphatic carbocycles. The van der Waals surface area contributed by atoms with E-state index in [9.17, 15) is 13.2 Å². The highest BCUT2D eigenvalue weighted by molar-refractivity contribution is 7.98. The minimum Gasteiger partial charge on any atom is -0.315 e. The van der Waals surface area contributed by atoms with Gasteiger partial charge in [0.25, 0.3) is 5.91 Å². The Morgan fingerprint density at radius 1 is 1.14 bits per heavy atom. The van der Waals surface area contributed by atoms with E-state index < -0.39 is 9.84 Å². The molecule has 0 radical (unpaired) electrons. The third-order valence-electron chi connectivity index (χ3n) is 4.85. The highest BCUT2D eigenvalue weighted by Crippen LogP contribution is 2.22. The van der Waals surface area contributed by atoms with Gasteiger partial charge in [-0.05, 0) is 67.6 Å². The van der Waals surface area contributed by atoms with E-state index in [1.165, 1.54) is 46.7 Å². The first-order valence-corrected chi connectivity index (χ1v) is 13.1. The second-order valence-electron chi connectivity index (χ2n) is 6.78. The molecule has 154 valence electrons. The number of thioether (sulfide) groups is 1. The number of aromatic nitrogens is 1. The summed E-state index contributed by atoms with van der Waals surface area (Å²) in [5.74, 6) is 0.577. The van der Waals surface area contributed by atoms with Gasteiger partial charge in [-0.15, -0.1) is 0 Å². The van der Waals surface area contributed by atoms with E-state index in [0.717, 1.165) is 22.5 Å². The van der Waals surface area contributed by atoms with Crippen LogP contribution in [0.3, 0.4) is 0 Å². The molecule has 0 bridgehead atoms. The molecule has 1 aromatic heterocycles. The normalized spacial score (nSPS) is 12.6. The van der Waals surface area contributed by atoms with E-state index in [-0.39, 0.29) is 16.6 Å². The lowest BCUT2D eigenvalue weighted by Gasteiger charge is -2.06. The maximum Gasteiger partial charge on any atom is 0.279 e. The second kappa shape index (κ2) is 8.85. The Hall–Kier alpha value is -1.90. The fourth-order valence-electron chi connectivity index (χ4n) is 2.93. The quantitative estimate of drug-likeness (QED) is 0.566. The minimum absolute atomic E-state index is 0.0285. The lowest BCUT2D eigenvalue weighted by Crippen LogP contribution is -2.18. The van der Waals surface area contributed by atoms with Gasteiger partial charge in [0.2, 0.25) is 0 Å². The van der Waals surface area contributed by atoms with E-state index in [2.05, 4.69) is 41.8 Å². The second-order valence-corrected chi connectivity index (χ2v) is 11.1. The number of amides is 1. The number of hydrogen-bond donors (Lipinski definition) is 0. The molecule has 0 unspecified atom stereocenters. The first kappa shape index (κ1) is 21.8. The number of benzene rings is 2. The number of hydrogen-bond acceptors (Lipinski definition) is 5. The van der Waals surface area contributed by atoms with Crippen molar-refractivity contribution in [1.82, 2.24) is 4.57 Å². The van der Waals surface area contributed by atoms with E-state index in [0.29, 0.717) is 10.4 Å². The summed E-state index contributed by atoms with van der Waals surface area (Å²) in [4.78, 5) is 18.0. The Morgan fingerprint density at radius 3 is 2.41 bits per heavy atom. The number of aryl methyl sites for hydroxylation is 3. The summed E-state index contributed by atoms with van der Waals surface area (Å²) < 4.78 is 27.1. The SMILES string of the molecule is CCS(=O)(=O)c1ccc(C(=O)N=c2sc3cc(C)c(C)cc3n2CCSC)cc1. The highest BCUT2D eigenvalue weighted by atomic mass is 32.2. The van der Waals surface area contributed by atoms with Crippen molar-refractivity contribution in [3.63, 3.8) is 0 Å². The van der Waals surface area contributed by atoms with Gasteiger partial charge in [-0.2, -0.15) is 16.8 Å². The molecule has 0 N–H and O–H groups in total. The van der Waals surface area contributed by atoms with Crippen molar-refractivity contribution in [2.45, 2.75) is 32.2 Å². The van der Waals surface area contributed by atoms with Gasteiger partial charge in [0, 0.05) is 17.9 Å². The number of carbonyl (C=O) groups excluding carboxylic acids is 1. The zero-order valence-corrected chi connectivity index (χ0v) is 19.4. The average Bonchev–Trinajstić information content (AvgIpc) is 3.02. The Balaban J connectivity index is 2.05. The van der Waals surface area contributed by atoms with Crippen LogP contribution in [-0.4, -0.2) is 36.7 Å². The van der Waals surface area contributed by atoms with Crippen LogP contribution in [0.25, 0.3) is 10.2 Å². The molecule has 0 aliphatic heterocycles. The van der Waals surface area contributed by atoms with Crippen molar-refractivity contribution in [1.29, 1.82) is 0 Å². The van der Waals surface area contributed by atoms with Crippen LogP contribution in [0.15, 0.2) is 46.3 Å². The van der Waals surface area contributed by atoms with Crippen LogP contribution < -0.4 is 4.80 Å². The molecule has 0 saturated carbocycles. The molecule has 1 amide bonds. The first-order valence-electron chi connectivity index (χ1n) is 9.28. The lowest BCUT2D eigenvalue weighted by atomic mass is 10.1. The molecular weight excluding hydrogens is 424 g/mol. The largest absolute Gasteiger partial charge is 0.315 e. The molecule has 0 fully saturated rings. The van der Waals surface area contributed by atoms with Crippen LogP contribution in [0, 0.1) is 13.8 Å². The Bertz CT molecular complexity index is 1220. The number of nitrogens with zero attached hydrogens (tertiary/aromatic N) is 2. The van der Waals surface area contributed by atoms with Gasteiger partial charge in [-0.1, -0.05) is 18.3 Å². The predicted octanol–water partition coefficient (Wildman–Crippen LogP) is 4.22. The predicted molar refractivity (Wildman–Crippen MR) is 122 cm³/mol. The van der Waals surface area contributed by atoms with Crippen LogP contribution in [0.5, 0.6) is 0 Å². The van der Waals surface area contributed by atoms with Gasteiger partial charge in [0.05, 0.1) is 20.9 Å². The summed E-state index contributed by atoms with van der Waals surface area (Å²) in [6.07, 6.45) is 2.05. The number of thiazole rings is 1. The molecule has 2 aromatic carbocycles. The molecule has 3 aromatic rings. The molecule has 1 heterocycles. The molecular formula is C21H24N2O3S3. The third-order valence-corrected chi connectivity index (χ3v) is 8.24. The van der Waals surface area contributed by atoms with Gasteiger partial charge < -0.3 is 4.57 Å². The fourth-order valence-corrected chi connectivity index (χ4v) is 5.31. The molecule has 3 rings (SSSR count). The molecule has 0 spiro atoms. The van der Waals surface area contributed by atoms with E-state index in [4.69, 9.17) is 0 Å². The molecule has 8 heteroatoms. The summed E-state index contributed by atoms with van der Waals surface area (Å²) in [6.45, 7) is 6.53. The van der Waals surface area contributed by atoms with Gasteiger partial charge in [-0.25, -0.2) is 8.42 Å². The summed E-state index contributed by atoms with van der Waals surface area (Å²) in [6, 6.07) is 10.3. The zero-order valence-electron chi connectivity index (χ0n) is 16.9. The Kier molecular flexibility index (Phi) is 6.65. The first-order chi connectivity index (χ1) is 13.8. The van der Waals surface area contributed by atoms with Gasteiger partial charge in [0.15, 0.2) is 14.6 Å². The van der Waals surface area contributed by atoms with E-state index in [1.54, 1.807) is 18.7 Å². The van der Waals surface area contributed by atoms with Crippen LogP contribution in [0.2, 0.25) is 0 Å². The van der Waals surface area contributed by atoms with Crippen molar-refractivity contribution >= 4 is 49.1 Å². The van der Waals surface area contributed by atoms with E-state index >= 15 is 0 Å². The zero-order chi connectivity index (χ0) is 21.2. The average molecular weight is 449 g/mol. The van der Waals surface area contributed by atoms with Crippen LogP contribution in [-0.2, 0) is 16.4 Å². The molecule has 0 atom stereocenters. The van der Waals surface area contributed by atoms with Gasteiger partial charge in [0.1, 0.15) is 0 Å². The summed E-state index contributed by atoms with van der Waals surface area (Å²) >= 11 is 3.25. The third kappa shape index (κ3) is 4.65. The molecule has 0 aliphatic rings. The van der Waals surface area contributed by atoms with Crippen molar-refractivity contribution in [3.8, 4) is 0 Å². The summed E-state index contributed by atoms with van der Waals surface area (Å²) in [5.41, 5.74) is 3.88. The number of carbonyl (C=O) groups is 1. The molecule has 29 heavy (non-hydrogen) atoms. The van der Waals surface area contributed by atoms with Crippen LogP contribution in [0.1, 0.15) is 28.4 Å². The standard InChI is InChI=1S/C21H24N2O3S3/c1-5-29(25,26)17-8-6-16(7-9-17)20(24)22-21-23(10-11-27-4)18-12-14(2)15(3)13-19(18)28-21/h6-9,12-13H,5,10-11H2,1-4H3. The lowest BCUT2D eigenvalue weighted by molar-refractivity contribution is 0.0997. The number of fused-ring (bicyclic) bond motifs is 1. The smallest absolute Gasteiger partial charge is 0.279 e. The van der Waals surface area contributed by atoms with Crippen LogP contribution >= 0.6 is 23.1 Å². The van der Waals surface area contributed by atoms with Gasteiger partial charge >= 0.3 is 0 Å². The van der Waals surface area contributed by atoms with Crippen LogP contribution in [0.4, 0.5) is 0 Å². The Labute approximate surface area is 179 Å². The van der Waals surface area contributed by atoms with Crippen molar-refractivity contribution < 1.29 is 13.2 Å². The molecule has 0 saturated heterocycles. The monoisotopic (exact) mass is 448 g/mol. The topological polar surface area (TPSA) is 68.5 Å². The number of sulfone groups is 1.